The number of hydrogen-bond acceptors (Lipinski definition) is 7. The summed E-state index contributed by atoms with van der Waals surface area (Å²) in [7, 11) is 2.83. The number of H-pyrrole nitrogens is 2. The predicted octanol–water partition coefficient (Wildman–Crippen LogP) is 1.92. The second kappa shape index (κ2) is 6.54. The van der Waals surface area contributed by atoms with Gasteiger partial charge in [-0.15, -0.1) is 0 Å². The molecule has 4 rings (SSSR count). The van der Waals surface area contributed by atoms with E-state index in [4.69, 9.17) is 14.2 Å². The lowest BCUT2D eigenvalue weighted by molar-refractivity contribution is 0.345. The topological polar surface area (TPSA) is 119 Å². The van der Waals surface area contributed by atoms with Crippen LogP contribution in [0.3, 0.4) is 0 Å². The van der Waals surface area contributed by atoms with Crippen LogP contribution >= 0.6 is 15.9 Å². The van der Waals surface area contributed by atoms with Gasteiger partial charge in [-0.25, -0.2) is 9.59 Å². The number of nitrogens with zero attached hydrogens (tertiary/aromatic N) is 2. The number of methoxy groups -OCH3 is 2. The number of rotatable bonds is 3. The van der Waals surface area contributed by atoms with Gasteiger partial charge in [0, 0.05) is 4.47 Å². The molecule has 0 aliphatic carbocycles. The summed E-state index contributed by atoms with van der Waals surface area (Å²) in [6, 6.07) is 7.54. The predicted molar refractivity (Wildman–Crippen MR) is 98.0 cm³/mol. The van der Waals surface area contributed by atoms with Crippen molar-refractivity contribution in [2.75, 3.05) is 14.2 Å². The van der Waals surface area contributed by atoms with Gasteiger partial charge in [0.1, 0.15) is 0 Å². The van der Waals surface area contributed by atoms with Crippen LogP contribution in [0.4, 0.5) is 0 Å². The molecule has 0 saturated carbocycles. The van der Waals surface area contributed by atoms with Crippen molar-refractivity contribution in [1.29, 1.82) is 0 Å². The molecule has 0 saturated heterocycles. The van der Waals surface area contributed by atoms with Crippen LogP contribution in [0.1, 0.15) is 22.6 Å². The van der Waals surface area contributed by atoms with E-state index in [-0.39, 0.29) is 23.5 Å². The van der Waals surface area contributed by atoms with Crippen molar-refractivity contribution in [2.24, 2.45) is 0 Å². The van der Waals surface area contributed by atoms with Crippen molar-refractivity contribution in [1.82, 2.24) is 19.9 Å². The van der Waals surface area contributed by atoms with Gasteiger partial charge in [0.15, 0.2) is 0 Å². The zero-order valence-electron chi connectivity index (χ0n) is 14.2. The van der Waals surface area contributed by atoms with E-state index in [9.17, 15) is 9.59 Å². The molecule has 138 valence electrons. The van der Waals surface area contributed by atoms with E-state index in [1.807, 2.05) is 24.3 Å². The molecule has 3 heterocycles. The quantitative estimate of drug-likeness (QED) is 0.507. The molecule has 0 atom stereocenters. The Morgan fingerprint density at radius 3 is 1.85 bits per heavy atom. The van der Waals surface area contributed by atoms with Gasteiger partial charge in [-0.2, -0.15) is 9.97 Å². The van der Waals surface area contributed by atoms with Gasteiger partial charge in [-0.1, -0.05) is 28.1 Å². The van der Waals surface area contributed by atoms with Crippen LogP contribution in [0.5, 0.6) is 23.5 Å². The summed E-state index contributed by atoms with van der Waals surface area (Å²) in [5.74, 6) is -0.0102. The molecule has 2 aromatic heterocycles. The summed E-state index contributed by atoms with van der Waals surface area (Å²) >= 11 is 3.41. The van der Waals surface area contributed by atoms with Crippen LogP contribution in [0.15, 0.2) is 38.3 Å². The minimum Gasteiger partial charge on any atom is -0.481 e. The molecule has 10 heteroatoms. The molecule has 3 aromatic rings. The van der Waals surface area contributed by atoms with Crippen molar-refractivity contribution in [3.8, 4) is 23.5 Å². The lowest BCUT2D eigenvalue weighted by Crippen LogP contribution is -2.25. The molecule has 1 aliphatic heterocycles. The second-order valence-corrected chi connectivity index (χ2v) is 6.59. The van der Waals surface area contributed by atoms with E-state index in [1.165, 1.54) is 14.2 Å². The molecule has 1 aromatic carbocycles. The van der Waals surface area contributed by atoms with Crippen molar-refractivity contribution >= 4 is 15.9 Å². The third-order valence-electron chi connectivity index (χ3n) is 4.17. The van der Waals surface area contributed by atoms with Gasteiger partial charge in [-0.3, -0.25) is 9.97 Å². The van der Waals surface area contributed by atoms with Crippen molar-refractivity contribution in [3.63, 3.8) is 0 Å². The van der Waals surface area contributed by atoms with E-state index in [1.54, 1.807) is 0 Å². The highest BCUT2D eigenvalue weighted by Gasteiger charge is 2.37. The summed E-state index contributed by atoms with van der Waals surface area (Å²) in [4.78, 5) is 36.6. The minimum atomic E-state index is -0.632. The van der Waals surface area contributed by atoms with Crippen molar-refractivity contribution in [3.05, 3.63) is 66.4 Å². The zero-order chi connectivity index (χ0) is 19.1. The van der Waals surface area contributed by atoms with Gasteiger partial charge in [0.05, 0.1) is 31.3 Å². The van der Waals surface area contributed by atoms with Crippen LogP contribution < -0.4 is 25.6 Å². The molecule has 0 unspecified atom stereocenters. The molecular formula is C17H13BrN4O5. The monoisotopic (exact) mass is 432 g/mol. The molecular weight excluding hydrogens is 420 g/mol. The SMILES string of the molecule is COc1nc(=O)[nH]c2c1C(c1ccc(Br)cc1)c1c(OC)nc(=O)[nH]c1O2. The van der Waals surface area contributed by atoms with Gasteiger partial charge in [0.2, 0.25) is 23.5 Å². The molecule has 2 N–H and O–H groups in total. The highest BCUT2D eigenvalue weighted by molar-refractivity contribution is 9.10. The highest BCUT2D eigenvalue weighted by Crippen LogP contribution is 2.50. The first-order valence-electron chi connectivity index (χ1n) is 7.81. The van der Waals surface area contributed by atoms with Crippen LogP contribution in [-0.2, 0) is 0 Å². The van der Waals surface area contributed by atoms with Crippen molar-refractivity contribution < 1.29 is 14.2 Å². The van der Waals surface area contributed by atoms with E-state index in [0.29, 0.717) is 11.1 Å². The summed E-state index contributed by atoms with van der Waals surface area (Å²) in [6.45, 7) is 0. The third kappa shape index (κ3) is 2.87. The number of nitrogens with one attached hydrogen (secondary N) is 2. The Bertz CT molecular complexity index is 1070. The van der Waals surface area contributed by atoms with Gasteiger partial charge in [-0.05, 0) is 17.7 Å². The van der Waals surface area contributed by atoms with E-state index < -0.39 is 17.3 Å². The molecule has 0 radical (unpaired) electrons. The molecule has 27 heavy (non-hydrogen) atoms. The third-order valence-corrected chi connectivity index (χ3v) is 4.70. The van der Waals surface area contributed by atoms with E-state index in [2.05, 4.69) is 35.9 Å². The molecule has 1 aliphatic rings. The first-order valence-corrected chi connectivity index (χ1v) is 8.61. The minimum absolute atomic E-state index is 0.112. The maximum Gasteiger partial charge on any atom is 0.351 e. The number of aromatic nitrogens is 4. The molecule has 0 fully saturated rings. The lowest BCUT2D eigenvalue weighted by Gasteiger charge is -2.28. The maximum atomic E-state index is 11.9. The van der Waals surface area contributed by atoms with Crippen LogP contribution in [0, 0.1) is 0 Å². The lowest BCUT2D eigenvalue weighted by atomic mass is 9.85. The van der Waals surface area contributed by atoms with Gasteiger partial charge >= 0.3 is 11.4 Å². The average molecular weight is 433 g/mol. The number of ether oxygens (including phenoxy) is 3. The highest BCUT2D eigenvalue weighted by atomic mass is 79.9. The van der Waals surface area contributed by atoms with E-state index in [0.717, 1.165) is 10.0 Å². The molecule has 0 bridgehead atoms. The second-order valence-electron chi connectivity index (χ2n) is 5.67. The fraction of sp³-hybridized carbons (Fsp3) is 0.176. The Morgan fingerprint density at radius 2 is 1.41 bits per heavy atom. The number of aromatic amines is 2. The van der Waals surface area contributed by atoms with Crippen molar-refractivity contribution in [2.45, 2.75) is 5.92 Å². The Labute approximate surface area is 160 Å². The van der Waals surface area contributed by atoms with Crippen LogP contribution in [-0.4, -0.2) is 34.2 Å². The fourth-order valence-corrected chi connectivity index (χ4v) is 3.36. The summed E-state index contributed by atoms with van der Waals surface area (Å²) in [5, 5.41) is 0. The van der Waals surface area contributed by atoms with Gasteiger partial charge < -0.3 is 14.2 Å². The Kier molecular flexibility index (Phi) is 4.19. The molecule has 0 amide bonds. The Hall–Kier alpha value is -3.14. The van der Waals surface area contributed by atoms with Gasteiger partial charge in [0.25, 0.3) is 0 Å². The standard InChI is InChI=1S/C17H13BrN4O5/c1-25-12-10-9(7-3-5-8(18)6-4-7)11-13(26-2)20-17(24)22-15(11)27-14(10)21-16(23)19-12/h3-6,9H,1-2H3,(H,19,21,23)(H,20,22,24). The first kappa shape index (κ1) is 17.3. The fourth-order valence-electron chi connectivity index (χ4n) is 3.10. The normalized spacial score (nSPS) is 12.7. The number of hydrogen-bond donors (Lipinski definition) is 2. The average Bonchev–Trinajstić information content (AvgIpc) is 2.65. The molecule has 9 nitrogen and oxygen atoms in total. The number of benzene rings is 1. The Morgan fingerprint density at radius 1 is 0.926 bits per heavy atom. The summed E-state index contributed by atoms with van der Waals surface area (Å²) < 4.78 is 17.3. The smallest absolute Gasteiger partial charge is 0.351 e. The summed E-state index contributed by atoms with van der Waals surface area (Å²) in [6.07, 6.45) is 0. The Balaban J connectivity index is 2.08. The largest absolute Gasteiger partial charge is 0.481 e. The number of fused-ring (bicyclic) bond motifs is 2. The molecule has 0 spiro atoms. The maximum absolute atomic E-state index is 11.9. The summed E-state index contributed by atoms with van der Waals surface area (Å²) in [5.41, 5.74) is 0.570. The van der Waals surface area contributed by atoms with Crippen LogP contribution in [0.25, 0.3) is 0 Å². The first-order chi connectivity index (χ1) is 13.0. The van der Waals surface area contributed by atoms with E-state index >= 15 is 0 Å². The number of halogens is 1. The van der Waals surface area contributed by atoms with Crippen LogP contribution in [0.2, 0.25) is 0 Å². The zero-order valence-corrected chi connectivity index (χ0v) is 15.8.